The zero-order valence-corrected chi connectivity index (χ0v) is 16.3. The molecule has 0 saturated carbocycles. The predicted octanol–water partition coefficient (Wildman–Crippen LogP) is 5.23. The summed E-state index contributed by atoms with van der Waals surface area (Å²) in [6.07, 6.45) is -0.903. The van der Waals surface area contributed by atoms with Gasteiger partial charge < -0.3 is 14.8 Å². The molecule has 0 saturated heterocycles. The van der Waals surface area contributed by atoms with Crippen molar-refractivity contribution in [3.8, 4) is 5.75 Å². The zero-order chi connectivity index (χ0) is 19.3. The Kier molecular flexibility index (Phi) is 7.14. The van der Waals surface area contributed by atoms with E-state index in [9.17, 15) is 9.59 Å². The van der Waals surface area contributed by atoms with Crippen LogP contribution in [0.3, 0.4) is 0 Å². The lowest BCUT2D eigenvalue weighted by molar-refractivity contribution is -0.122. The molecule has 0 aliphatic rings. The fourth-order valence-electron chi connectivity index (χ4n) is 2.05. The monoisotopic (exact) mass is 415 g/mol. The predicted molar refractivity (Wildman–Crippen MR) is 103 cm³/mol. The first kappa shape index (κ1) is 20.4. The van der Waals surface area contributed by atoms with Gasteiger partial charge in [0.15, 0.2) is 6.10 Å². The van der Waals surface area contributed by atoms with Crippen molar-refractivity contribution in [2.75, 3.05) is 11.9 Å². The molecule has 0 aromatic heterocycles. The van der Waals surface area contributed by atoms with Crippen LogP contribution in [0.4, 0.5) is 5.69 Å². The second-order valence-electron chi connectivity index (χ2n) is 5.21. The summed E-state index contributed by atoms with van der Waals surface area (Å²) >= 11 is 17.9. The molecule has 2 aromatic carbocycles. The zero-order valence-electron chi connectivity index (χ0n) is 14.0. The SMILES string of the molecule is CCOC(=O)c1ccccc1NC(=O)C(C)Oc1cc(Cl)c(Cl)cc1Cl. The van der Waals surface area contributed by atoms with Gasteiger partial charge in [0.2, 0.25) is 0 Å². The standard InChI is InChI=1S/C18H16Cl3NO4/c1-3-25-18(24)11-6-4-5-7-15(11)22-17(23)10(2)26-16-9-13(20)12(19)8-14(16)21/h4-10H,3H2,1-2H3,(H,22,23). The third kappa shape index (κ3) is 5.04. The summed E-state index contributed by atoms with van der Waals surface area (Å²) < 4.78 is 10.5. The number of esters is 1. The normalized spacial score (nSPS) is 11.6. The number of rotatable bonds is 6. The van der Waals surface area contributed by atoms with E-state index in [0.717, 1.165) is 0 Å². The average Bonchev–Trinajstić information content (AvgIpc) is 2.60. The maximum atomic E-state index is 12.4. The number of carbonyl (C=O) groups is 2. The van der Waals surface area contributed by atoms with Crippen LogP contribution in [0.25, 0.3) is 0 Å². The van der Waals surface area contributed by atoms with E-state index in [4.69, 9.17) is 44.3 Å². The van der Waals surface area contributed by atoms with E-state index in [2.05, 4.69) is 5.32 Å². The van der Waals surface area contributed by atoms with Crippen molar-refractivity contribution in [2.45, 2.75) is 20.0 Å². The third-order valence-electron chi connectivity index (χ3n) is 3.33. The van der Waals surface area contributed by atoms with Gasteiger partial charge >= 0.3 is 5.97 Å². The number of carbonyl (C=O) groups excluding carboxylic acids is 2. The molecular formula is C18H16Cl3NO4. The van der Waals surface area contributed by atoms with Crippen LogP contribution in [-0.4, -0.2) is 24.6 Å². The van der Waals surface area contributed by atoms with Crippen molar-refractivity contribution < 1.29 is 19.1 Å². The molecule has 8 heteroatoms. The summed E-state index contributed by atoms with van der Waals surface area (Å²) in [6.45, 7) is 3.48. The Balaban J connectivity index is 2.13. The molecule has 0 aliphatic heterocycles. The maximum Gasteiger partial charge on any atom is 0.340 e. The molecule has 1 atom stereocenters. The lowest BCUT2D eigenvalue weighted by Gasteiger charge is -2.17. The highest BCUT2D eigenvalue weighted by atomic mass is 35.5. The van der Waals surface area contributed by atoms with E-state index in [0.29, 0.717) is 5.69 Å². The van der Waals surface area contributed by atoms with E-state index in [1.54, 1.807) is 38.1 Å². The molecule has 2 aromatic rings. The Morgan fingerprint density at radius 2 is 1.73 bits per heavy atom. The Morgan fingerprint density at radius 3 is 2.42 bits per heavy atom. The van der Waals surface area contributed by atoms with E-state index < -0.39 is 18.0 Å². The van der Waals surface area contributed by atoms with Gasteiger partial charge in [-0.15, -0.1) is 0 Å². The van der Waals surface area contributed by atoms with Crippen molar-refractivity contribution >= 4 is 52.4 Å². The van der Waals surface area contributed by atoms with Crippen LogP contribution < -0.4 is 10.1 Å². The Bertz CT molecular complexity index is 826. The topological polar surface area (TPSA) is 64.6 Å². The minimum Gasteiger partial charge on any atom is -0.479 e. The number of halogens is 3. The fourth-order valence-corrected chi connectivity index (χ4v) is 2.63. The molecule has 1 unspecified atom stereocenters. The highest BCUT2D eigenvalue weighted by Gasteiger charge is 2.20. The van der Waals surface area contributed by atoms with Crippen LogP contribution in [0.15, 0.2) is 36.4 Å². The molecule has 0 radical (unpaired) electrons. The number of para-hydroxylation sites is 1. The van der Waals surface area contributed by atoms with Gasteiger partial charge in [-0.3, -0.25) is 4.79 Å². The van der Waals surface area contributed by atoms with Gasteiger partial charge in [0.05, 0.1) is 32.9 Å². The Labute approximate surface area is 166 Å². The van der Waals surface area contributed by atoms with E-state index in [-0.39, 0.29) is 33.0 Å². The summed E-state index contributed by atoms with van der Waals surface area (Å²) in [6, 6.07) is 9.40. The first-order valence-electron chi connectivity index (χ1n) is 7.71. The molecule has 26 heavy (non-hydrogen) atoms. The highest BCUT2D eigenvalue weighted by molar-refractivity contribution is 6.43. The largest absolute Gasteiger partial charge is 0.479 e. The smallest absolute Gasteiger partial charge is 0.340 e. The Hall–Kier alpha value is -1.95. The van der Waals surface area contributed by atoms with Crippen LogP contribution in [0.5, 0.6) is 5.75 Å². The summed E-state index contributed by atoms with van der Waals surface area (Å²) in [5.74, 6) is -0.768. The molecule has 2 rings (SSSR count). The van der Waals surface area contributed by atoms with Gasteiger partial charge in [0.1, 0.15) is 5.75 Å². The molecule has 1 amide bonds. The summed E-state index contributed by atoms with van der Waals surface area (Å²) in [7, 11) is 0. The first-order chi connectivity index (χ1) is 12.3. The molecular weight excluding hydrogens is 401 g/mol. The van der Waals surface area contributed by atoms with E-state index >= 15 is 0 Å². The highest BCUT2D eigenvalue weighted by Crippen LogP contribution is 2.34. The molecule has 0 fully saturated rings. The fraction of sp³-hybridized carbons (Fsp3) is 0.222. The lowest BCUT2D eigenvalue weighted by atomic mass is 10.1. The second kappa shape index (κ2) is 9.12. The summed E-state index contributed by atoms with van der Waals surface area (Å²) in [5.41, 5.74) is 0.578. The molecule has 138 valence electrons. The number of nitrogens with one attached hydrogen (secondary N) is 1. The molecule has 0 bridgehead atoms. The maximum absolute atomic E-state index is 12.4. The van der Waals surface area contributed by atoms with Gasteiger partial charge in [0.25, 0.3) is 5.91 Å². The van der Waals surface area contributed by atoms with Crippen molar-refractivity contribution in [1.82, 2.24) is 0 Å². The first-order valence-corrected chi connectivity index (χ1v) is 8.85. The van der Waals surface area contributed by atoms with Crippen molar-refractivity contribution in [2.24, 2.45) is 0 Å². The number of ether oxygens (including phenoxy) is 2. The number of hydrogen-bond donors (Lipinski definition) is 1. The van der Waals surface area contributed by atoms with Crippen LogP contribution >= 0.6 is 34.8 Å². The number of amides is 1. The van der Waals surface area contributed by atoms with Crippen LogP contribution in [-0.2, 0) is 9.53 Å². The van der Waals surface area contributed by atoms with E-state index in [1.165, 1.54) is 12.1 Å². The van der Waals surface area contributed by atoms with Gasteiger partial charge in [0, 0.05) is 6.07 Å². The quantitative estimate of drug-likeness (QED) is 0.517. The van der Waals surface area contributed by atoms with Crippen molar-refractivity contribution in [3.63, 3.8) is 0 Å². The third-order valence-corrected chi connectivity index (χ3v) is 4.35. The van der Waals surface area contributed by atoms with E-state index in [1.807, 2.05) is 0 Å². The molecule has 0 aliphatic carbocycles. The van der Waals surface area contributed by atoms with Crippen molar-refractivity contribution in [3.05, 3.63) is 57.0 Å². The van der Waals surface area contributed by atoms with Gasteiger partial charge in [-0.1, -0.05) is 46.9 Å². The van der Waals surface area contributed by atoms with Crippen LogP contribution in [0.2, 0.25) is 15.1 Å². The van der Waals surface area contributed by atoms with Gasteiger partial charge in [-0.25, -0.2) is 4.79 Å². The number of anilines is 1. The van der Waals surface area contributed by atoms with Crippen LogP contribution in [0.1, 0.15) is 24.2 Å². The van der Waals surface area contributed by atoms with Crippen LogP contribution in [0, 0.1) is 0 Å². The Morgan fingerprint density at radius 1 is 1.08 bits per heavy atom. The molecule has 0 heterocycles. The minimum absolute atomic E-state index is 0.224. The van der Waals surface area contributed by atoms with Crippen molar-refractivity contribution in [1.29, 1.82) is 0 Å². The molecule has 5 nitrogen and oxygen atoms in total. The second-order valence-corrected chi connectivity index (χ2v) is 6.43. The minimum atomic E-state index is -0.903. The van der Waals surface area contributed by atoms with Gasteiger partial charge in [-0.05, 0) is 32.0 Å². The lowest BCUT2D eigenvalue weighted by Crippen LogP contribution is -2.31. The van der Waals surface area contributed by atoms with Gasteiger partial charge in [-0.2, -0.15) is 0 Å². The molecule has 1 N–H and O–H groups in total. The number of hydrogen-bond acceptors (Lipinski definition) is 4. The summed E-state index contributed by atoms with van der Waals surface area (Å²) in [4.78, 5) is 24.4. The average molecular weight is 417 g/mol. The number of benzene rings is 2. The molecule has 0 spiro atoms. The summed E-state index contributed by atoms with van der Waals surface area (Å²) in [5, 5.41) is 3.41.